The average molecular weight is 378 g/mol. The molecule has 0 bridgehead atoms. The maximum absolute atomic E-state index is 11.7. The van der Waals surface area contributed by atoms with E-state index in [1.54, 1.807) is 12.1 Å². The van der Waals surface area contributed by atoms with E-state index in [0.29, 0.717) is 11.7 Å². The van der Waals surface area contributed by atoms with Crippen LogP contribution in [0.1, 0.15) is 36.5 Å². The summed E-state index contributed by atoms with van der Waals surface area (Å²) in [6, 6.07) is 13.2. The average Bonchev–Trinajstić information content (AvgIpc) is 2.64. The Labute approximate surface area is 163 Å². The molecule has 0 aliphatic carbocycles. The van der Waals surface area contributed by atoms with Gasteiger partial charge in [-0.2, -0.15) is 4.98 Å². The smallest absolute Gasteiger partial charge is 0.373 e. The summed E-state index contributed by atoms with van der Waals surface area (Å²) < 4.78 is 5.70. The van der Waals surface area contributed by atoms with Gasteiger partial charge >= 0.3 is 11.6 Å². The van der Waals surface area contributed by atoms with E-state index in [4.69, 9.17) is 4.74 Å². The lowest BCUT2D eigenvalue weighted by Gasteiger charge is -2.12. The number of nitrogens with zero attached hydrogens (tertiary/aromatic N) is 3. The van der Waals surface area contributed by atoms with Gasteiger partial charge in [0.05, 0.1) is 4.92 Å². The summed E-state index contributed by atoms with van der Waals surface area (Å²) in [5.41, 5.74) is 3.64. The number of aromatic nitrogens is 2. The molecule has 3 aromatic rings. The minimum absolute atomic E-state index is 0.0840. The SMILES string of the molecule is Cc1ccc(Nc2ncnc(Oc3ccc(C(C)C)cc3)c2[N+](=O)[O-])c(C)c1. The zero-order chi connectivity index (χ0) is 20.3. The number of nitro groups is 1. The molecule has 144 valence electrons. The molecule has 0 aliphatic heterocycles. The predicted octanol–water partition coefficient (Wildman–Crippen LogP) is 5.66. The Morgan fingerprint density at radius 1 is 1.07 bits per heavy atom. The largest absolute Gasteiger partial charge is 0.434 e. The van der Waals surface area contributed by atoms with Crippen molar-refractivity contribution in [3.63, 3.8) is 0 Å². The molecule has 0 fully saturated rings. The highest BCUT2D eigenvalue weighted by molar-refractivity contribution is 5.70. The minimum Gasteiger partial charge on any atom is -0.434 e. The number of rotatable bonds is 6. The van der Waals surface area contributed by atoms with Crippen molar-refractivity contribution < 1.29 is 9.66 Å². The second-order valence-electron chi connectivity index (χ2n) is 6.90. The molecule has 7 heteroatoms. The predicted molar refractivity (Wildman–Crippen MR) is 108 cm³/mol. The van der Waals surface area contributed by atoms with Gasteiger partial charge < -0.3 is 10.1 Å². The molecule has 0 saturated carbocycles. The van der Waals surface area contributed by atoms with Gasteiger partial charge in [0.2, 0.25) is 5.82 Å². The van der Waals surface area contributed by atoms with Crippen LogP contribution in [0, 0.1) is 24.0 Å². The van der Waals surface area contributed by atoms with Crippen LogP contribution in [0.4, 0.5) is 17.2 Å². The van der Waals surface area contributed by atoms with E-state index in [-0.39, 0.29) is 17.4 Å². The molecule has 2 aromatic carbocycles. The molecule has 0 spiro atoms. The quantitative estimate of drug-likeness (QED) is 0.439. The Morgan fingerprint density at radius 2 is 1.79 bits per heavy atom. The van der Waals surface area contributed by atoms with Crippen LogP contribution >= 0.6 is 0 Å². The molecule has 0 atom stereocenters. The number of hydrogen-bond donors (Lipinski definition) is 1. The molecule has 28 heavy (non-hydrogen) atoms. The molecule has 1 aromatic heterocycles. The fraction of sp³-hybridized carbons (Fsp3) is 0.238. The topological polar surface area (TPSA) is 90.2 Å². The van der Waals surface area contributed by atoms with Crippen molar-refractivity contribution in [2.45, 2.75) is 33.6 Å². The molecular weight excluding hydrogens is 356 g/mol. The van der Waals surface area contributed by atoms with Crippen LogP contribution in [0.15, 0.2) is 48.8 Å². The summed E-state index contributed by atoms with van der Waals surface area (Å²) in [7, 11) is 0. The van der Waals surface area contributed by atoms with Crippen molar-refractivity contribution in [1.82, 2.24) is 9.97 Å². The molecule has 0 unspecified atom stereocenters. The van der Waals surface area contributed by atoms with Crippen molar-refractivity contribution in [3.05, 3.63) is 75.6 Å². The number of ether oxygens (including phenoxy) is 1. The molecule has 0 saturated heterocycles. The first kappa shape index (κ1) is 19.3. The van der Waals surface area contributed by atoms with Gasteiger partial charge in [-0.25, -0.2) is 4.98 Å². The minimum atomic E-state index is -0.538. The van der Waals surface area contributed by atoms with Gasteiger partial charge in [0.1, 0.15) is 12.1 Å². The van der Waals surface area contributed by atoms with Crippen molar-refractivity contribution in [2.24, 2.45) is 0 Å². The molecule has 3 rings (SSSR count). The number of aryl methyl sites for hydroxylation is 2. The summed E-state index contributed by atoms with van der Waals surface area (Å²) in [5.74, 6) is 0.838. The Kier molecular flexibility index (Phi) is 5.54. The van der Waals surface area contributed by atoms with Gasteiger partial charge in [0.15, 0.2) is 0 Å². The van der Waals surface area contributed by atoms with Crippen LogP contribution in [0.5, 0.6) is 11.6 Å². The van der Waals surface area contributed by atoms with Crippen LogP contribution in [0.25, 0.3) is 0 Å². The third kappa shape index (κ3) is 4.25. The molecule has 0 aliphatic rings. The highest BCUT2D eigenvalue weighted by atomic mass is 16.6. The summed E-state index contributed by atoms with van der Waals surface area (Å²) >= 11 is 0. The van der Waals surface area contributed by atoms with Gasteiger partial charge in [-0.1, -0.05) is 43.7 Å². The van der Waals surface area contributed by atoms with E-state index in [2.05, 4.69) is 29.1 Å². The molecule has 1 N–H and O–H groups in total. The van der Waals surface area contributed by atoms with Crippen molar-refractivity contribution in [1.29, 1.82) is 0 Å². The van der Waals surface area contributed by atoms with E-state index in [1.807, 2.05) is 44.2 Å². The number of hydrogen-bond acceptors (Lipinski definition) is 6. The monoisotopic (exact) mass is 378 g/mol. The third-order valence-electron chi connectivity index (χ3n) is 4.37. The fourth-order valence-corrected chi connectivity index (χ4v) is 2.81. The summed E-state index contributed by atoms with van der Waals surface area (Å²) in [5, 5.41) is 14.7. The second-order valence-corrected chi connectivity index (χ2v) is 6.90. The van der Waals surface area contributed by atoms with E-state index in [9.17, 15) is 10.1 Å². The number of benzene rings is 2. The summed E-state index contributed by atoms with van der Waals surface area (Å²) in [6.45, 7) is 8.10. The van der Waals surface area contributed by atoms with Gasteiger partial charge in [0, 0.05) is 5.69 Å². The first-order chi connectivity index (χ1) is 13.3. The summed E-state index contributed by atoms with van der Waals surface area (Å²) in [6.07, 6.45) is 1.25. The Hall–Kier alpha value is -3.48. The second kappa shape index (κ2) is 8.04. The molecule has 7 nitrogen and oxygen atoms in total. The molecule has 0 amide bonds. The zero-order valence-electron chi connectivity index (χ0n) is 16.3. The maximum Gasteiger partial charge on any atom is 0.373 e. The van der Waals surface area contributed by atoms with E-state index in [0.717, 1.165) is 22.4 Å². The van der Waals surface area contributed by atoms with Crippen molar-refractivity contribution in [2.75, 3.05) is 5.32 Å². The van der Waals surface area contributed by atoms with Crippen LogP contribution in [-0.2, 0) is 0 Å². The lowest BCUT2D eigenvalue weighted by molar-refractivity contribution is -0.385. The Bertz CT molecular complexity index is 1000. The maximum atomic E-state index is 11.7. The van der Waals surface area contributed by atoms with Gasteiger partial charge in [0.25, 0.3) is 0 Å². The third-order valence-corrected chi connectivity index (χ3v) is 4.37. The van der Waals surface area contributed by atoms with Crippen LogP contribution < -0.4 is 10.1 Å². The van der Waals surface area contributed by atoms with Gasteiger partial charge in [-0.3, -0.25) is 10.1 Å². The van der Waals surface area contributed by atoms with Crippen molar-refractivity contribution in [3.8, 4) is 11.6 Å². The first-order valence-corrected chi connectivity index (χ1v) is 8.96. The fourth-order valence-electron chi connectivity index (χ4n) is 2.81. The molecule has 1 heterocycles. The first-order valence-electron chi connectivity index (χ1n) is 8.96. The van der Waals surface area contributed by atoms with Crippen LogP contribution in [0.2, 0.25) is 0 Å². The normalized spacial score (nSPS) is 10.8. The Balaban J connectivity index is 1.94. The number of nitrogens with one attached hydrogen (secondary N) is 1. The highest BCUT2D eigenvalue weighted by Gasteiger charge is 2.25. The number of anilines is 2. The van der Waals surface area contributed by atoms with Gasteiger partial charge in [-0.15, -0.1) is 0 Å². The molecule has 0 radical (unpaired) electrons. The standard InChI is InChI=1S/C21H22N4O3/c1-13(2)16-6-8-17(9-7-16)28-21-19(25(26)27)20(22-12-23-21)24-18-10-5-14(3)11-15(18)4/h5-13H,1-4H3,(H,22,23,24). The lowest BCUT2D eigenvalue weighted by atomic mass is 10.0. The Morgan fingerprint density at radius 3 is 2.39 bits per heavy atom. The summed E-state index contributed by atoms with van der Waals surface area (Å²) in [4.78, 5) is 19.2. The lowest BCUT2D eigenvalue weighted by Crippen LogP contribution is -2.04. The van der Waals surface area contributed by atoms with Gasteiger partial charge in [-0.05, 0) is 49.1 Å². The highest BCUT2D eigenvalue weighted by Crippen LogP contribution is 2.36. The van der Waals surface area contributed by atoms with Crippen molar-refractivity contribution >= 4 is 17.2 Å². The van der Waals surface area contributed by atoms with Crippen LogP contribution in [-0.4, -0.2) is 14.9 Å². The van der Waals surface area contributed by atoms with E-state index in [1.165, 1.54) is 6.33 Å². The van der Waals surface area contributed by atoms with E-state index < -0.39 is 4.92 Å². The molecular formula is C21H22N4O3. The van der Waals surface area contributed by atoms with Crippen LogP contribution in [0.3, 0.4) is 0 Å². The zero-order valence-corrected chi connectivity index (χ0v) is 16.3. The van der Waals surface area contributed by atoms with E-state index >= 15 is 0 Å².